The molecule has 136 valence electrons. The van der Waals surface area contributed by atoms with Gasteiger partial charge < -0.3 is 19.5 Å². The second-order valence-corrected chi connectivity index (χ2v) is 5.88. The summed E-state index contributed by atoms with van der Waals surface area (Å²) in [4.78, 5) is 23.7. The van der Waals surface area contributed by atoms with Gasteiger partial charge in [0.2, 0.25) is 0 Å². The second-order valence-electron chi connectivity index (χ2n) is 5.88. The summed E-state index contributed by atoms with van der Waals surface area (Å²) in [6.45, 7) is 0.225. The van der Waals surface area contributed by atoms with Gasteiger partial charge in [-0.05, 0) is 43.4 Å². The van der Waals surface area contributed by atoms with Crippen LogP contribution >= 0.6 is 0 Å². The summed E-state index contributed by atoms with van der Waals surface area (Å²) in [6, 6.07) is 5.63. The maximum atomic E-state index is 11.9. The lowest BCUT2D eigenvalue weighted by Crippen LogP contribution is -2.31. The van der Waals surface area contributed by atoms with Gasteiger partial charge in [-0.2, -0.15) is 0 Å². The summed E-state index contributed by atoms with van der Waals surface area (Å²) < 4.78 is 15.5. The van der Waals surface area contributed by atoms with Crippen molar-refractivity contribution >= 4 is 11.9 Å². The van der Waals surface area contributed by atoms with Gasteiger partial charge >= 0.3 is 5.97 Å². The van der Waals surface area contributed by atoms with Crippen LogP contribution in [0, 0.1) is 5.92 Å². The highest BCUT2D eigenvalue weighted by molar-refractivity contribution is 5.81. The van der Waals surface area contributed by atoms with Crippen LogP contribution in [0.1, 0.15) is 24.8 Å². The maximum absolute atomic E-state index is 11.9. The second kappa shape index (κ2) is 9.71. The third kappa shape index (κ3) is 5.81. The number of hydrogen-bond acceptors (Lipinski definition) is 5. The summed E-state index contributed by atoms with van der Waals surface area (Å²) in [5.41, 5.74) is 1.02. The van der Waals surface area contributed by atoms with Crippen molar-refractivity contribution in [2.24, 2.45) is 5.92 Å². The first kappa shape index (κ1) is 18.8. The molecule has 2 rings (SSSR count). The van der Waals surface area contributed by atoms with Gasteiger partial charge in [-0.1, -0.05) is 18.2 Å². The van der Waals surface area contributed by atoms with Crippen LogP contribution < -0.4 is 14.8 Å². The van der Waals surface area contributed by atoms with Crippen LogP contribution in [0.15, 0.2) is 30.4 Å². The van der Waals surface area contributed by atoms with Gasteiger partial charge in [0.15, 0.2) is 18.1 Å². The minimum atomic E-state index is -0.292. The molecule has 1 N–H and O–H groups in total. The van der Waals surface area contributed by atoms with Crippen LogP contribution in [-0.4, -0.2) is 39.2 Å². The Balaban J connectivity index is 1.69. The number of ether oxygens (including phenoxy) is 3. The van der Waals surface area contributed by atoms with Gasteiger partial charge in [-0.3, -0.25) is 9.59 Å². The lowest BCUT2D eigenvalue weighted by molar-refractivity contribution is -0.152. The lowest BCUT2D eigenvalue weighted by Gasteiger charge is -2.16. The Morgan fingerprint density at radius 2 is 1.96 bits per heavy atom. The van der Waals surface area contributed by atoms with E-state index in [9.17, 15) is 9.59 Å². The van der Waals surface area contributed by atoms with Crippen LogP contribution in [0.4, 0.5) is 0 Å². The highest BCUT2D eigenvalue weighted by Gasteiger charge is 2.20. The standard InChI is InChI=1S/C19H25NO5/c1-23-16-9-8-14(12-17(16)24-2)10-11-20-18(21)13-25-19(22)15-6-4-3-5-7-15/h3-4,8-9,12,15H,5-7,10-11,13H2,1-2H3,(H,20,21)/t15-/m0/s1. The van der Waals surface area contributed by atoms with Crippen molar-refractivity contribution < 1.29 is 23.8 Å². The molecule has 0 fully saturated rings. The third-order valence-corrected chi connectivity index (χ3v) is 4.13. The molecular formula is C19H25NO5. The maximum Gasteiger partial charge on any atom is 0.309 e. The first-order chi connectivity index (χ1) is 12.1. The molecule has 0 radical (unpaired) electrons. The minimum absolute atomic E-state index is 0.121. The first-order valence-electron chi connectivity index (χ1n) is 8.43. The van der Waals surface area contributed by atoms with Crippen LogP contribution in [0.25, 0.3) is 0 Å². The molecule has 0 aliphatic heterocycles. The lowest BCUT2D eigenvalue weighted by atomic mass is 9.95. The van der Waals surface area contributed by atoms with Crippen molar-refractivity contribution in [1.82, 2.24) is 5.32 Å². The SMILES string of the molecule is COc1ccc(CCNC(=O)COC(=O)[C@H]2CC=CCC2)cc1OC. The number of methoxy groups -OCH3 is 2. The van der Waals surface area contributed by atoms with E-state index >= 15 is 0 Å². The Bertz CT molecular complexity index is 626. The molecule has 0 heterocycles. The molecule has 0 aromatic heterocycles. The van der Waals surface area contributed by atoms with Crippen LogP contribution in [0.5, 0.6) is 11.5 Å². The predicted octanol–water partition coefficient (Wildman–Crippen LogP) is 2.26. The van der Waals surface area contributed by atoms with Crippen molar-refractivity contribution in [3.05, 3.63) is 35.9 Å². The molecule has 1 aromatic carbocycles. The Kier molecular flexibility index (Phi) is 7.32. The number of carbonyl (C=O) groups excluding carboxylic acids is 2. The van der Waals surface area contributed by atoms with Crippen molar-refractivity contribution in [3.8, 4) is 11.5 Å². The zero-order chi connectivity index (χ0) is 18.1. The molecule has 0 unspecified atom stereocenters. The van der Waals surface area contributed by atoms with E-state index in [1.165, 1.54) is 0 Å². The number of allylic oxidation sites excluding steroid dienone is 2. The molecule has 1 aliphatic rings. The number of amides is 1. The molecule has 1 aliphatic carbocycles. The number of hydrogen-bond donors (Lipinski definition) is 1. The van der Waals surface area contributed by atoms with E-state index in [0.717, 1.165) is 18.4 Å². The van der Waals surface area contributed by atoms with Gasteiger partial charge in [0.1, 0.15) is 0 Å². The molecule has 6 nitrogen and oxygen atoms in total. The molecule has 25 heavy (non-hydrogen) atoms. The normalized spacial score (nSPS) is 16.2. The number of rotatable bonds is 8. The number of carbonyl (C=O) groups is 2. The quantitative estimate of drug-likeness (QED) is 0.577. The van der Waals surface area contributed by atoms with Gasteiger partial charge in [-0.15, -0.1) is 0 Å². The van der Waals surface area contributed by atoms with Crippen molar-refractivity contribution in [1.29, 1.82) is 0 Å². The average molecular weight is 347 g/mol. The smallest absolute Gasteiger partial charge is 0.309 e. The number of nitrogens with one attached hydrogen (secondary N) is 1. The van der Waals surface area contributed by atoms with Crippen LogP contribution in [-0.2, 0) is 20.7 Å². The average Bonchev–Trinajstić information content (AvgIpc) is 2.66. The van der Waals surface area contributed by atoms with Gasteiger partial charge in [0.05, 0.1) is 20.1 Å². The van der Waals surface area contributed by atoms with Gasteiger partial charge in [-0.25, -0.2) is 0 Å². The molecule has 0 saturated heterocycles. The van der Waals surface area contributed by atoms with E-state index < -0.39 is 0 Å². The molecule has 0 saturated carbocycles. The fourth-order valence-electron chi connectivity index (χ4n) is 2.70. The van der Waals surface area contributed by atoms with Crippen molar-refractivity contribution in [2.75, 3.05) is 27.4 Å². The number of benzene rings is 1. The summed E-state index contributed by atoms with van der Waals surface area (Å²) in [7, 11) is 3.17. The molecule has 0 bridgehead atoms. The summed E-state index contributed by atoms with van der Waals surface area (Å²) >= 11 is 0. The van der Waals surface area contributed by atoms with Crippen LogP contribution in [0.3, 0.4) is 0 Å². The van der Waals surface area contributed by atoms with E-state index in [1.807, 2.05) is 24.3 Å². The van der Waals surface area contributed by atoms with Crippen molar-refractivity contribution in [3.63, 3.8) is 0 Å². The summed E-state index contributed by atoms with van der Waals surface area (Å²) in [5, 5.41) is 2.75. The highest BCUT2D eigenvalue weighted by Crippen LogP contribution is 2.27. The topological polar surface area (TPSA) is 73.9 Å². The van der Waals surface area contributed by atoms with E-state index in [4.69, 9.17) is 14.2 Å². The summed E-state index contributed by atoms with van der Waals surface area (Å²) in [5.74, 6) is 0.616. The van der Waals surface area contributed by atoms with Crippen LogP contribution in [0.2, 0.25) is 0 Å². The Morgan fingerprint density at radius 1 is 1.16 bits per heavy atom. The minimum Gasteiger partial charge on any atom is -0.493 e. The van der Waals surface area contributed by atoms with E-state index in [2.05, 4.69) is 11.4 Å². The Labute approximate surface area is 148 Å². The molecule has 6 heteroatoms. The number of esters is 1. The molecule has 1 amide bonds. The first-order valence-corrected chi connectivity index (χ1v) is 8.43. The molecule has 1 atom stereocenters. The van der Waals surface area contributed by atoms with E-state index in [1.54, 1.807) is 14.2 Å². The fraction of sp³-hybridized carbons (Fsp3) is 0.474. The summed E-state index contributed by atoms with van der Waals surface area (Å²) in [6.07, 6.45) is 7.06. The van der Waals surface area contributed by atoms with Gasteiger partial charge in [0, 0.05) is 6.54 Å². The Hall–Kier alpha value is -2.50. The molecule has 0 spiro atoms. The molecular weight excluding hydrogens is 322 g/mol. The van der Waals surface area contributed by atoms with Crippen molar-refractivity contribution in [2.45, 2.75) is 25.7 Å². The fourth-order valence-corrected chi connectivity index (χ4v) is 2.70. The van der Waals surface area contributed by atoms with E-state index in [-0.39, 0.29) is 24.4 Å². The monoisotopic (exact) mass is 347 g/mol. The van der Waals surface area contributed by atoms with E-state index in [0.29, 0.717) is 30.9 Å². The van der Waals surface area contributed by atoms with Gasteiger partial charge in [0.25, 0.3) is 5.91 Å². The third-order valence-electron chi connectivity index (χ3n) is 4.13. The Morgan fingerprint density at radius 3 is 2.64 bits per heavy atom. The molecule has 1 aromatic rings. The zero-order valence-corrected chi connectivity index (χ0v) is 14.7. The highest BCUT2D eigenvalue weighted by atomic mass is 16.5. The largest absolute Gasteiger partial charge is 0.493 e. The zero-order valence-electron chi connectivity index (χ0n) is 14.7. The predicted molar refractivity (Wildman–Crippen MR) is 93.7 cm³/mol.